The van der Waals surface area contributed by atoms with E-state index in [2.05, 4.69) is 25.3 Å². The molecule has 0 unspecified atom stereocenters. The van der Waals surface area contributed by atoms with Crippen molar-refractivity contribution in [2.24, 2.45) is 0 Å². The monoisotopic (exact) mass is 337 g/mol. The maximum atomic E-state index is 5.94. The number of H-pyrrole nitrogens is 1. The van der Waals surface area contributed by atoms with E-state index in [-0.39, 0.29) is 5.28 Å². The number of rotatable bonds is 8. The van der Waals surface area contributed by atoms with Crippen molar-refractivity contribution in [1.82, 2.24) is 19.9 Å². The van der Waals surface area contributed by atoms with E-state index in [1.807, 2.05) is 12.1 Å². The van der Waals surface area contributed by atoms with Crippen molar-refractivity contribution in [2.45, 2.75) is 13.0 Å². The zero-order chi connectivity index (χ0) is 16.1. The Labute approximate surface area is 137 Å². The van der Waals surface area contributed by atoms with Gasteiger partial charge in [-0.3, -0.25) is 0 Å². The summed E-state index contributed by atoms with van der Waals surface area (Å²) in [6.07, 6.45) is 2.38. The highest BCUT2D eigenvalue weighted by molar-refractivity contribution is 6.28. The SMILES string of the molecule is COCCCOc1nc2nc(Cl)nc(NCc3ccco3)c2[nH]1. The van der Waals surface area contributed by atoms with Gasteiger partial charge in [-0.2, -0.15) is 15.0 Å². The van der Waals surface area contributed by atoms with Gasteiger partial charge in [-0.1, -0.05) is 0 Å². The standard InChI is InChI=1S/C14H16ClN5O3/c1-21-5-3-7-23-14-17-10-11(16-8-9-4-2-6-22-9)18-13(15)19-12(10)20-14/h2,4,6H,3,5,7-8H2,1H3,(H2,16,17,18,19,20). The van der Waals surface area contributed by atoms with E-state index in [9.17, 15) is 0 Å². The number of halogens is 1. The van der Waals surface area contributed by atoms with E-state index in [1.54, 1.807) is 13.4 Å². The van der Waals surface area contributed by atoms with Gasteiger partial charge in [0.2, 0.25) is 5.28 Å². The number of methoxy groups -OCH3 is 1. The highest BCUT2D eigenvalue weighted by Crippen LogP contribution is 2.23. The highest BCUT2D eigenvalue weighted by atomic mass is 35.5. The van der Waals surface area contributed by atoms with Crippen molar-refractivity contribution >= 4 is 28.6 Å². The first kappa shape index (κ1) is 15.6. The number of nitrogens with one attached hydrogen (secondary N) is 2. The fourth-order valence-electron chi connectivity index (χ4n) is 2.00. The van der Waals surface area contributed by atoms with Crippen molar-refractivity contribution in [2.75, 3.05) is 25.6 Å². The average molecular weight is 338 g/mol. The first-order valence-electron chi connectivity index (χ1n) is 7.07. The van der Waals surface area contributed by atoms with Gasteiger partial charge in [-0.15, -0.1) is 0 Å². The zero-order valence-corrected chi connectivity index (χ0v) is 13.3. The van der Waals surface area contributed by atoms with Gasteiger partial charge in [-0.25, -0.2) is 0 Å². The molecule has 0 aromatic carbocycles. The predicted molar refractivity (Wildman–Crippen MR) is 84.7 cm³/mol. The summed E-state index contributed by atoms with van der Waals surface area (Å²) < 4.78 is 15.8. The number of ether oxygens (including phenoxy) is 2. The number of hydrogen-bond acceptors (Lipinski definition) is 7. The van der Waals surface area contributed by atoms with Crippen LogP contribution in [-0.2, 0) is 11.3 Å². The van der Waals surface area contributed by atoms with Crippen LogP contribution in [0, 0.1) is 0 Å². The molecule has 23 heavy (non-hydrogen) atoms. The third kappa shape index (κ3) is 3.91. The highest BCUT2D eigenvalue weighted by Gasteiger charge is 2.13. The normalized spacial score (nSPS) is 11.0. The smallest absolute Gasteiger partial charge is 0.296 e. The number of aromatic nitrogens is 4. The van der Waals surface area contributed by atoms with Gasteiger partial charge >= 0.3 is 0 Å². The summed E-state index contributed by atoms with van der Waals surface area (Å²) in [4.78, 5) is 15.6. The van der Waals surface area contributed by atoms with Crippen LogP contribution in [0.2, 0.25) is 5.28 Å². The third-order valence-electron chi connectivity index (χ3n) is 3.04. The van der Waals surface area contributed by atoms with Crippen molar-refractivity contribution in [3.05, 3.63) is 29.4 Å². The lowest BCUT2D eigenvalue weighted by atomic mass is 10.4. The molecule has 3 rings (SSSR count). The van der Waals surface area contributed by atoms with Gasteiger partial charge in [0, 0.05) is 20.1 Å². The molecule has 0 radical (unpaired) electrons. The minimum absolute atomic E-state index is 0.108. The number of fused-ring (bicyclic) bond motifs is 1. The average Bonchev–Trinajstić information content (AvgIpc) is 3.18. The number of furan rings is 1. The largest absolute Gasteiger partial charge is 0.467 e. The summed E-state index contributed by atoms with van der Waals surface area (Å²) in [6.45, 7) is 1.59. The Morgan fingerprint density at radius 1 is 1.30 bits per heavy atom. The summed E-state index contributed by atoms with van der Waals surface area (Å²) >= 11 is 5.94. The van der Waals surface area contributed by atoms with E-state index in [4.69, 9.17) is 25.5 Å². The van der Waals surface area contributed by atoms with Crippen LogP contribution in [0.15, 0.2) is 22.8 Å². The van der Waals surface area contributed by atoms with Crippen LogP contribution in [0.3, 0.4) is 0 Å². The number of anilines is 1. The third-order valence-corrected chi connectivity index (χ3v) is 3.21. The molecule has 0 saturated heterocycles. The molecule has 0 amide bonds. The molecule has 3 heterocycles. The number of nitrogens with zero attached hydrogens (tertiary/aromatic N) is 3. The van der Waals surface area contributed by atoms with Crippen molar-refractivity contribution in [1.29, 1.82) is 0 Å². The maximum Gasteiger partial charge on any atom is 0.296 e. The van der Waals surface area contributed by atoms with E-state index >= 15 is 0 Å². The minimum Gasteiger partial charge on any atom is -0.467 e. The van der Waals surface area contributed by atoms with Gasteiger partial charge in [-0.05, 0) is 23.7 Å². The maximum absolute atomic E-state index is 5.94. The summed E-state index contributed by atoms with van der Waals surface area (Å²) in [5, 5.41) is 3.25. The molecule has 0 aliphatic rings. The molecule has 0 aliphatic heterocycles. The molecule has 0 atom stereocenters. The van der Waals surface area contributed by atoms with E-state index in [0.29, 0.717) is 42.8 Å². The second-order valence-corrected chi connectivity index (χ2v) is 5.05. The minimum atomic E-state index is 0.108. The van der Waals surface area contributed by atoms with Gasteiger partial charge in [0.15, 0.2) is 11.5 Å². The van der Waals surface area contributed by atoms with Crippen LogP contribution in [0.5, 0.6) is 6.01 Å². The van der Waals surface area contributed by atoms with Crippen LogP contribution in [0.25, 0.3) is 11.2 Å². The van der Waals surface area contributed by atoms with Gasteiger partial charge in [0.05, 0.1) is 19.4 Å². The van der Waals surface area contributed by atoms with Crippen molar-refractivity contribution < 1.29 is 13.9 Å². The number of imidazole rings is 1. The Hall–Kier alpha value is -2.32. The zero-order valence-electron chi connectivity index (χ0n) is 12.5. The summed E-state index contributed by atoms with van der Waals surface area (Å²) in [6, 6.07) is 4.06. The van der Waals surface area contributed by atoms with E-state index < -0.39 is 0 Å². The lowest BCUT2D eigenvalue weighted by Crippen LogP contribution is -2.03. The van der Waals surface area contributed by atoms with Gasteiger partial charge < -0.3 is 24.2 Å². The molecule has 0 aliphatic carbocycles. The van der Waals surface area contributed by atoms with Gasteiger partial charge in [0.1, 0.15) is 11.3 Å². The topological polar surface area (TPSA) is 98.1 Å². The first-order valence-corrected chi connectivity index (χ1v) is 7.45. The molecule has 9 heteroatoms. The predicted octanol–water partition coefficient (Wildman–Crippen LogP) is 2.63. The molecule has 0 fully saturated rings. The first-order chi connectivity index (χ1) is 11.3. The van der Waals surface area contributed by atoms with Crippen LogP contribution < -0.4 is 10.1 Å². The molecule has 3 aromatic heterocycles. The van der Waals surface area contributed by atoms with Crippen molar-refractivity contribution in [3.8, 4) is 6.01 Å². The van der Waals surface area contributed by atoms with Crippen LogP contribution >= 0.6 is 11.6 Å². The van der Waals surface area contributed by atoms with Crippen LogP contribution in [-0.4, -0.2) is 40.3 Å². The Kier molecular flexibility index (Phi) is 4.94. The molecule has 2 N–H and O–H groups in total. The molecule has 0 bridgehead atoms. The number of aromatic amines is 1. The molecule has 122 valence electrons. The molecule has 0 spiro atoms. The van der Waals surface area contributed by atoms with Crippen LogP contribution in [0.1, 0.15) is 12.2 Å². The summed E-state index contributed by atoms with van der Waals surface area (Å²) in [5.41, 5.74) is 1.07. The van der Waals surface area contributed by atoms with E-state index in [1.165, 1.54) is 0 Å². The number of hydrogen-bond donors (Lipinski definition) is 2. The lowest BCUT2D eigenvalue weighted by molar-refractivity contribution is 0.169. The molecule has 0 saturated carbocycles. The molecule has 8 nitrogen and oxygen atoms in total. The van der Waals surface area contributed by atoms with Crippen LogP contribution in [0.4, 0.5) is 5.82 Å². The Bertz CT molecular complexity index is 759. The molecular weight excluding hydrogens is 322 g/mol. The van der Waals surface area contributed by atoms with Crippen molar-refractivity contribution in [3.63, 3.8) is 0 Å². The van der Waals surface area contributed by atoms with E-state index in [0.717, 1.165) is 12.2 Å². The summed E-state index contributed by atoms with van der Waals surface area (Å²) in [5.74, 6) is 1.32. The second kappa shape index (κ2) is 7.30. The Balaban J connectivity index is 1.75. The quantitative estimate of drug-likeness (QED) is 0.481. The summed E-state index contributed by atoms with van der Waals surface area (Å²) in [7, 11) is 1.65. The van der Waals surface area contributed by atoms with Gasteiger partial charge in [0.25, 0.3) is 6.01 Å². The molecular formula is C14H16ClN5O3. The Morgan fingerprint density at radius 2 is 2.22 bits per heavy atom. The fourth-order valence-corrected chi connectivity index (χ4v) is 2.17. The fraction of sp³-hybridized carbons (Fsp3) is 0.357. The second-order valence-electron chi connectivity index (χ2n) is 4.71. The molecule has 3 aromatic rings. The lowest BCUT2D eigenvalue weighted by Gasteiger charge is -2.04. The Morgan fingerprint density at radius 3 is 3.00 bits per heavy atom.